The van der Waals surface area contributed by atoms with Gasteiger partial charge in [-0.25, -0.2) is 0 Å². The third-order valence-corrected chi connectivity index (χ3v) is 5.76. The van der Waals surface area contributed by atoms with Gasteiger partial charge in [0, 0.05) is 25.0 Å². The maximum Gasteiger partial charge on any atom is 0.0580 e. The highest BCUT2D eigenvalue weighted by Gasteiger charge is 2.08. The average molecular weight is 286 g/mol. The minimum atomic E-state index is 1.08. The molecule has 2 heterocycles. The monoisotopic (exact) mass is 286 g/mol. The van der Waals surface area contributed by atoms with E-state index in [2.05, 4.69) is 56.0 Å². The van der Waals surface area contributed by atoms with E-state index in [9.17, 15) is 0 Å². The van der Waals surface area contributed by atoms with Gasteiger partial charge in [-0.1, -0.05) is 24.3 Å². The minimum Gasteiger partial charge on any atom is -0.140 e. The van der Waals surface area contributed by atoms with E-state index in [1.165, 1.54) is 35.8 Å². The zero-order valence-electron chi connectivity index (χ0n) is 9.73. The van der Waals surface area contributed by atoms with Crippen LogP contribution in [0.25, 0.3) is 30.9 Å². The summed E-state index contributed by atoms with van der Waals surface area (Å²) in [4.78, 5) is 1.37. The second-order valence-corrected chi connectivity index (χ2v) is 7.60. The lowest BCUT2D eigenvalue weighted by atomic mass is 10.1. The molecule has 0 saturated carbocycles. The molecule has 0 unspecified atom stereocenters. The lowest BCUT2D eigenvalue weighted by molar-refractivity contribution is 1.66. The normalized spacial score (nSPS) is 11.9. The van der Waals surface area contributed by atoms with Gasteiger partial charge in [0.05, 0.1) is 4.21 Å². The number of fused-ring (bicyclic) bond motifs is 5. The molecule has 0 amide bonds. The van der Waals surface area contributed by atoms with Gasteiger partial charge < -0.3 is 0 Å². The predicted molar refractivity (Wildman–Crippen MR) is 86.7 cm³/mol. The summed E-state index contributed by atoms with van der Waals surface area (Å²) < 4.78 is 3.84. The van der Waals surface area contributed by atoms with Gasteiger partial charge in [-0.05, 0) is 29.8 Å². The van der Waals surface area contributed by atoms with Gasteiger partial charge in [0.2, 0.25) is 0 Å². The van der Waals surface area contributed by atoms with Gasteiger partial charge in [0.1, 0.15) is 0 Å². The quantitative estimate of drug-likeness (QED) is 0.384. The van der Waals surface area contributed by atoms with Crippen LogP contribution in [0.3, 0.4) is 0 Å². The topological polar surface area (TPSA) is 0 Å². The van der Waals surface area contributed by atoms with Crippen LogP contribution in [0.15, 0.2) is 40.6 Å². The number of thiophene rings is 2. The van der Waals surface area contributed by atoms with Crippen LogP contribution in [0.2, 0.25) is 0 Å². The number of hydrogen-bond acceptors (Lipinski definition) is 3. The molecule has 0 aliphatic rings. The third-order valence-electron chi connectivity index (χ3n) is 3.27. The largest absolute Gasteiger partial charge is 0.140 e. The summed E-state index contributed by atoms with van der Waals surface area (Å²) in [5.74, 6) is 0. The summed E-state index contributed by atoms with van der Waals surface area (Å²) in [7, 11) is 0. The van der Waals surface area contributed by atoms with Crippen LogP contribution in [0.1, 0.15) is 4.88 Å². The molecule has 2 aromatic heterocycles. The molecule has 0 radical (unpaired) electrons. The first-order chi connectivity index (χ1) is 8.72. The molecule has 2 aromatic carbocycles. The SMILES string of the molecule is Cc1cc2ccc3c(ccc4cc(S)sc43)c2s1. The highest BCUT2D eigenvalue weighted by atomic mass is 32.2. The minimum absolute atomic E-state index is 1.08. The zero-order chi connectivity index (χ0) is 12.3. The fourth-order valence-corrected chi connectivity index (χ4v) is 4.90. The van der Waals surface area contributed by atoms with Gasteiger partial charge in [0.15, 0.2) is 0 Å². The van der Waals surface area contributed by atoms with E-state index in [1.54, 1.807) is 11.3 Å². The molecule has 18 heavy (non-hydrogen) atoms. The van der Waals surface area contributed by atoms with E-state index in [4.69, 9.17) is 0 Å². The van der Waals surface area contributed by atoms with Crippen LogP contribution in [0, 0.1) is 6.92 Å². The van der Waals surface area contributed by atoms with Crippen LogP contribution in [-0.4, -0.2) is 0 Å². The Morgan fingerprint density at radius 1 is 0.833 bits per heavy atom. The fraction of sp³-hybridized carbons (Fsp3) is 0.0667. The molecular formula is C15H10S3. The van der Waals surface area contributed by atoms with Crippen LogP contribution < -0.4 is 0 Å². The molecule has 0 aliphatic carbocycles. The predicted octanol–water partition coefficient (Wildman–Crippen LogP) is 5.87. The third kappa shape index (κ3) is 1.44. The average Bonchev–Trinajstić information content (AvgIpc) is 2.89. The number of hydrogen-bond donors (Lipinski definition) is 1. The number of thiol groups is 1. The van der Waals surface area contributed by atoms with Gasteiger partial charge in [-0.2, -0.15) is 0 Å². The van der Waals surface area contributed by atoms with Gasteiger partial charge >= 0.3 is 0 Å². The number of rotatable bonds is 0. The van der Waals surface area contributed by atoms with E-state index in [-0.39, 0.29) is 0 Å². The van der Waals surface area contributed by atoms with Crippen molar-refractivity contribution in [3.63, 3.8) is 0 Å². The summed E-state index contributed by atoms with van der Waals surface area (Å²) in [6, 6.07) is 13.3. The molecule has 0 nitrogen and oxygen atoms in total. The Kier molecular flexibility index (Phi) is 2.25. The Labute approximate surface area is 118 Å². The van der Waals surface area contributed by atoms with Gasteiger partial charge in [-0.3, -0.25) is 0 Å². The Hall–Kier alpha value is -1.03. The van der Waals surface area contributed by atoms with E-state index < -0.39 is 0 Å². The molecule has 0 spiro atoms. The van der Waals surface area contributed by atoms with Crippen LogP contribution in [0.4, 0.5) is 0 Å². The highest BCUT2D eigenvalue weighted by molar-refractivity contribution is 7.83. The highest BCUT2D eigenvalue weighted by Crippen LogP contribution is 2.39. The Balaban J connectivity index is 2.29. The summed E-state index contributed by atoms with van der Waals surface area (Å²) in [6.07, 6.45) is 0. The Morgan fingerprint density at radius 3 is 2.17 bits per heavy atom. The van der Waals surface area contributed by atoms with Crippen molar-refractivity contribution in [3.05, 3.63) is 41.3 Å². The van der Waals surface area contributed by atoms with Gasteiger partial charge in [0.25, 0.3) is 0 Å². The molecule has 0 N–H and O–H groups in total. The standard InChI is InChI=1S/C15H10S3/c1-8-6-9-2-4-12-11(14(9)17-8)5-3-10-7-13(16)18-15(10)12/h2-7,16H,1H3. The summed E-state index contributed by atoms with van der Waals surface area (Å²) >= 11 is 8.12. The first-order valence-electron chi connectivity index (χ1n) is 5.77. The molecule has 4 aromatic rings. The second kappa shape index (κ2) is 3.73. The molecule has 0 fully saturated rings. The summed E-state index contributed by atoms with van der Waals surface area (Å²) in [6.45, 7) is 2.17. The van der Waals surface area contributed by atoms with E-state index >= 15 is 0 Å². The zero-order valence-corrected chi connectivity index (χ0v) is 12.3. The van der Waals surface area contributed by atoms with Crippen LogP contribution in [-0.2, 0) is 0 Å². The molecule has 0 bridgehead atoms. The molecule has 3 heteroatoms. The Morgan fingerprint density at radius 2 is 1.44 bits per heavy atom. The van der Waals surface area contributed by atoms with Crippen molar-refractivity contribution >= 4 is 66.2 Å². The van der Waals surface area contributed by atoms with E-state index in [1.807, 2.05) is 11.3 Å². The molecule has 88 valence electrons. The molecule has 0 atom stereocenters. The maximum atomic E-state index is 4.47. The van der Waals surface area contributed by atoms with Crippen molar-refractivity contribution < 1.29 is 0 Å². The summed E-state index contributed by atoms with van der Waals surface area (Å²) in [5, 5.41) is 5.37. The number of aryl methyl sites for hydroxylation is 1. The molecule has 0 aliphatic heterocycles. The Bertz CT molecular complexity index is 820. The van der Waals surface area contributed by atoms with Crippen molar-refractivity contribution in [3.8, 4) is 0 Å². The lowest BCUT2D eigenvalue weighted by Crippen LogP contribution is -1.72. The first kappa shape index (κ1) is 10.9. The van der Waals surface area contributed by atoms with Gasteiger partial charge in [-0.15, -0.1) is 35.3 Å². The smallest absolute Gasteiger partial charge is 0.0580 e. The van der Waals surface area contributed by atoms with Crippen molar-refractivity contribution in [2.75, 3.05) is 0 Å². The fourth-order valence-electron chi connectivity index (χ4n) is 2.52. The summed E-state index contributed by atoms with van der Waals surface area (Å²) in [5.41, 5.74) is 0. The maximum absolute atomic E-state index is 4.47. The number of benzene rings is 2. The van der Waals surface area contributed by atoms with Crippen molar-refractivity contribution in [2.45, 2.75) is 11.1 Å². The van der Waals surface area contributed by atoms with Crippen molar-refractivity contribution in [2.24, 2.45) is 0 Å². The van der Waals surface area contributed by atoms with E-state index in [0.29, 0.717) is 0 Å². The molecular weight excluding hydrogens is 276 g/mol. The van der Waals surface area contributed by atoms with Crippen LogP contribution >= 0.6 is 35.3 Å². The second-order valence-electron chi connectivity index (χ2n) is 4.50. The van der Waals surface area contributed by atoms with Crippen molar-refractivity contribution in [1.82, 2.24) is 0 Å². The van der Waals surface area contributed by atoms with Crippen LogP contribution in [0.5, 0.6) is 0 Å². The van der Waals surface area contributed by atoms with E-state index in [0.717, 1.165) is 4.21 Å². The first-order valence-corrected chi connectivity index (χ1v) is 7.85. The lowest BCUT2D eigenvalue weighted by Gasteiger charge is -2.00. The van der Waals surface area contributed by atoms with Crippen molar-refractivity contribution in [1.29, 1.82) is 0 Å². The molecule has 4 rings (SSSR count). The molecule has 0 saturated heterocycles.